The van der Waals surface area contributed by atoms with Gasteiger partial charge in [0.05, 0.1) is 12.9 Å². The average Bonchev–Trinajstić information content (AvgIpc) is 3.27. The van der Waals surface area contributed by atoms with Gasteiger partial charge in [-0.05, 0) is 30.7 Å². The summed E-state index contributed by atoms with van der Waals surface area (Å²) in [5.41, 5.74) is 8.08. The number of likely N-dealkylation sites (N-methyl/N-ethyl adjacent to an activating group) is 1. The second-order valence-electron chi connectivity index (χ2n) is 6.08. The van der Waals surface area contributed by atoms with Crippen LogP contribution in [-0.2, 0) is 4.74 Å². The second kappa shape index (κ2) is 7.57. The number of nitrogens with zero attached hydrogens (tertiary/aromatic N) is 3. The summed E-state index contributed by atoms with van der Waals surface area (Å²) in [6.45, 7) is 1.31. The number of imidazole rings is 1. The molecule has 1 aromatic carbocycles. The van der Waals surface area contributed by atoms with Gasteiger partial charge in [0.25, 0.3) is 5.91 Å². The largest absolute Gasteiger partial charge is 0.383 e. The Balaban J connectivity index is 1.57. The van der Waals surface area contributed by atoms with Crippen LogP contribution in [0.1, 0.15) is 16.8 Å². The summed E-state index contributed by atoms with van der Waals surface area (Å²) in [5, 5.41) is 0. The first kappa shape index (κ1) is 16.6. The van der Waals surface area contributed by atoms with E-state index in [4.69, 9.17) is 4.74 Å². The van der Waals surface area contributed by atoms with Crippen LogP contribution in [0.5, 0.6) is 0 Å². The van der Waals surface area contributed by atoms with Crippen molar-refractivity contribution in [2.45, 2.75) is 18.5 Å². The van der Waals surface area contributed by atoms with E-state index in [9.17, 15) is 4.79 Å². The van der Waals surface area contributed by atoms with Crippen molar-refractivity contribution in [1.29, 1.82) is 0 Å². The fraction of sp³-hybridized carbons (Fsp3) is 0.412. The molecule has 7 heteroatoms. The average molecular weight is 329 g/mol. The molecule has 0 spiro atoms. The van der Waals surface area contributed by atoms with Crippen LogP contribution >= 0.6 is 0 Å². The molecule has 1 saturated heterocycles. The number of carbonyl (C=O) groups is 1. The third kappa shape index (κ3) is 3.81. The summed E-state index contributed by atoms with van der Waals surface area (Å²) in [6, 6.07) is 8.06. The predicted molar refractivity (Wildman–Crippen MR) is 90.9 cm³/mol. The molecule has 128 valence electrons. The highest BCUT2D eigenvalue weighted by molar-refractivity contribution is 5.94. The number of nitrogens with one attached hydrogen (secondary N) is 2. The molecule has 0 radical (unpaired) electrons. The molecule has 0 saturated carbocycles. The fourth-order valence-electron chi connectivity index (χ4n) is 2.95. The van der Waals surface area contributed by atoms with Gasteiger partial charge < -0.3 is 14.2 Å². The minimum absolute atomic E-state index is 0.0178. The maximum atomic E-state index is 12.6. The number of hydrogen-bond acceptors (Lipinski definition) is 5. The SMILES string of the molecule is COCC1CC(CN(C)C(=O)c2ccc(-n3ccnc3)cc2)NN1. The van der Waals surface area contributed by atoms with E-state index in [2.05, 4.69) is 15.8 Å². The molecule has 1 aliphatic heterocycles. The van der Waals surface area contributed by atoms with Gasteiger partial charge in [0.15, 0.2) is 0 Å². The van der Waals surface area contributed by atoms with E-state index in [1.807, 2.05) is 42.1 Å². The maximum Gasteiger partial charge on any atom is 0.253 e. The van der Waals surface area contributed by atoms with Crippen molar-refractivity contribution in [2.75, 3.05) is 27.3 Å². The van der Waals surface area contributed by atoms with Gasteiger partial charge in [-0.1, -0.05) is 0 Å². The van der Waals surface area contributed by atoms with E-state index in [1.165, 1.54) is 0 Å². The minimum atomic E-state index is 0.0178. The number of ether oxygens (including phenoxy) is 1. The molecule has 24 heavy (non-hydrogen) atoms. The second-order valence-corrected chi connectivity index (χ2v) is 6.08. The Bertz CT molecular complexity index is 656. The van der Waals surface area contributed by atoms with Gasteiger partial charge in [-0.3, -0.25) is 15.6 Å². The van der Waals surface area contributed by atoms with E-state index in [1.54, 1.807) is 24.5 Å². The van der Waals surface area contributed by atoms with Gasteiger partial charge in [-0.2, -0.15) is 0 Å². The number of hydrazine groups is 1. The van der Waals surface area contributed by atoms with Crippen molar-refractivity contribution in [1.82, 2.24) is 25.3 Å². The standard InChI is InChI=1S/C17H23N5O2/c1-21(10-14-9-15(11-24-2)20-19-14)17(23)13-3-5-16(6-4-13)22-8-7-18-12-22/h3-8,12,14-15,19-20H,9-11H2,1-2H3. The van der Waals surface area contributed by atoms with Crippen LogP contribution in [0, 0.1) is 0 Å². The molecule has 2 atom stereocenters. The lowest BCUT2D eigenvalue weighted by molar-refractivity contribution is 0.0782. The molecule has 2 N–H and O–H groups in total. The molecular weight excluding hydrogens is 306 g/mol. The van der Waals surface area contributed by atoms with E-state index < -0.39 is 0 Å². The van der Waals surface area contributed by atoms with Crippen LogP contribution in [0.25, 0.3) is 5.69 Å². The van der Waals surface area contributed by atoms with E-state index in [0.717, 1.165) is 12.1 Å². The van der Waals surface area contributed by atoms with Crippen LogP contribution < -0.4 is 10.9 Å². The Labute approximate surface area is 141 Å². The number of hydrogen-bond donors (Lipinski definition) is 2. The van der Waals surface area contributed by atoms with Crippen LogP contribution in [0.4, 0.5) is 0 Å². The molecule has 1 aromatic heterocycles. The molecule has 3 rings (SSSR count). The molecule has 1 aliphatic rings. The lowest BCUT2D eigenvalue weighted by atomic mass is 10.1. The molecular formula is C17H23N5O2. The molecule has 0 aliphatic carbocycles. The Morgan fingerprint density at radius 2 is 2.08 bits per heavy atom. The molecule has 2 heterocycles. The van der Waals surface area contributed by atoms with Gasteiger partial charge in [-0.15, -0.1) is 0 Å². The molecule has 2 aromatic rings. The number of methoxy groups -OCH3 is 1. The zero-order valence-corrected chi connectivity index (χ0v) is 14.0. The van der Waals surface area contributed by atoms with Gasteiger partial charge in [0, 0.05) is 56.4 Å². The third-order valence-electron chi connectivity index (χ3n) is 4.19. The minimum Gasteiger partial charge on any atom is -0.383 e. The summed E-state index contributed by atoms with van der Waals surface area (Å²) in [6.07, 6.45) is 6.27. The number of rotatable bonds is 6. The van der Waals surface area contributed by atoms with Crippen molar-refractivity contribution in [3.63, 3.8) is 0 Å². The van der Waals surface area contributed by atoms with Crippen LogP contribution in [0.3, 0.4) is 0 Å². The highest BCUT2D eigenvalue weighted by atomic mass is 16.5. The molecule has 0 bridgehead atoms. The summed E-state index contributed by atoms with van der Waals surface area (Å²) in [5.74, 6) is 0.0178. The quantitative estimate of drug-likeness (QED) is 0.821. The summed E-state index contributed by atoms with van der Waals surface area (Å²) >= 11 is 0. The summed E-state index contributed by atoms with van der Waals surface area (Å²) in [4.78, 5) is 18.3. The number of benzene rings is 1. The summed E-state index contributed by atoms with van der Waals surface area (Å²) in [7, 11) is 3.52. The van der Waals surface area contributed by atoms with Crippen LogP contribution in [0.15, 0.2) is 43.0 Å². The van der Waals surface area contributed by atoms with E-state index in [0.29, 0.717) is 18.7 Å². The predicted octanol–water partition coefficient (Wildman–Crippen LogP) is 0.826. The smallest absolute Gasteiger partial charge is 0.253 e. The first-order valence-corrected chi connectivity index (χ1v) is 8.01. The van der Waals surface area contributed by atoms with Crippen molar-refractivity contribution >= 4 is 5.91 Å². The zero-order chi connectivity index (χ0) is 16.9. The highest BCUT2D eigenvalue weighted by Gasteiger charge is 2.26. The molecule has 2 unspecified atom stereocenters. The summed E-state index contributed by atoms with van der Waals surface area (Å²) < 4.78 is 7.05. The highest BCUT2D eigenvalue weighted by Crippen LogP contribution is 2.12. The van der Waals surface area contributed by atoms with Crippen molar-refractivity contribution < 1.29 is 9.53 Å². The van der Waals surface area contributed by atoms with Crippen molar-refractivity contribution in [3.8, 4) is 5.69 Å². The number of aromatic nitrogens is 2. The van der Waals surface area contributed by atoms with Crippen molar-refractivity contribution in [2.24, 2.45) is 0 Å². The lowest BCUT2D eigenvalue weighted by Crippen LogP contribution is -2.41. The Hall–Kier alpha value is -2.22. The molecule has 1 amide bonds. The Kier molecular flexibility index (Phi) is 5.24. The maximum absolute atomic E-state index is 12.6. The van der Waals surface area contributed by atoms with Gasteiger partial charge in [0.2, 0.25) is 0 Å². The number of carbonyl (C=O) groups excluding carboxylic acids is 1. The van der Waals surface area contributed by atoms with E-state index in [-0.39, 0.29) is 18.0 Å². The van der Waals surface area contributed by atoms with Crippen LogP contribution in [-0.4, -0.2) is 59.8 Å². The van der Waals surface area contributed by atoms with Gasteiger partial charge >= 0.3 is 0 Å². The topological polar surface area (TPSA) is 71.4 Å². The fourth-order valence-corrected chi connectivity index (χ4v) is 2.95. The van der Waals surface area contributed by atoms with Crippen molar-refractivity contribution in [3.05, 3.63) is 48.5 Å². The first-order chi connectivity index (χ1) is 11.7. The van der Waals surface area contributed by atoms with Gasteiger partial charge in [0.1, 0.15) is 0 Å². The van der Waals surface area contributed by atoms with Crippen LogP contribution in [0.2, 0.25) is 0 Å². The third-order valence-corrected chi connectivity index (χ3v) is 4.19. The Morgan fingerprint density at radius 3 is 2.75 bits per heavy atom. The van der Waals surface area contributed by atoms with E-state index >= 15 is 0 Å². The Morgan fingerprint density at radius 1 is 1.33 bits per heavy atom. The normalized spacial score (nSPS) is 20.2. The molecule has 7 nitrogen and oxygen atoms in total. The molecule has 1 fully saturated rings. The van der Waals surface area contributed by atoms with Gasteiger partial charge in [-0.25, -0.2) is 4.98 Å². The lowest BCUT2D eigenvalue weighted by Gasteiger charge is -2.21. The number of amides is 1. The monoisotopic (exact) mass is 329 g/mol. The first-order valence-electron chi connectivity index (χ1n) is 8.01. The zero-order valence-electron chi connectivity index (χ0n) is 14.0.